The maximum atomic E-state index is 11.1. The molecule has 2 heterocycles. The first kappa shape index (κ1) is 15.8. The molecule has 124 valence electrons. The van der Waals surface area contributed by atoms with E-state index < -0.39 is 5.97 Å². The third-order valence-electron chi connectivity index (χ3n) is 3.68. The summed E-state index contributed by atoms with van der Waals surface area (Å²) in [4.78, 5) is 20.0. The average Bonchev–Trinajstić information content (AvgIpc) is 3.09. The van der Waals surface area contributed by atoms with Crippen molar-refractivity contribution in [3.63, 3.8) is 0 Å². The van der Waals surface area contributed by atoms with Crippen molar-refractivity contribution < 1.29 is 9.90 Å². The van der Waals surface area contributed by atoms with Crippen LogP contribution >= 0.6 is 0 Å². The molecule has 0 saturated carbocycles. The van der Waals surface area contributed by atoms with Crippen molar-refractivity contribution in [3.05, 3.63) is 42.2 Å². The number of rotatable bonds is 6. The topological polar surface area (TPSA) is 92.1 Å². The minimum atomic E-state index is -0.943. The van der Waals surface area contributed by atoms with Crippen LogP contribution in [0.2, 0.25) is 0 Å². The predicted molar refractivity (Wildman–Crippen MR) is 94.2 cm³/mol. The molecule has 0 aliphatic rings. The van der Waals surface area contributed by atoms with E-state index in [0.717, 1.165) is 35.4 Å². The minimum Gasteiger partial charge on any atom is -0.478 e. The van der Waals surface area contributed by atoms with Crippen LogP contribution in [-0.2, 0) is 0 Å². The second-order valence-electron chi connectivity index (χ2n) is 5.39. The summed E-state index contributed by atoms with van der Waals surface area (Å²) in [5.41, 5.74) is 1.93. The predicted octanol–water partition coefficient (Wildman–Crippen LogP) is 2.98. The van der Waals surface area contributed by atoms with E-state index in [1.807, 2.05) is 18.2 Å². The molecule has 0 amide bonds. The lowest BCUT2D eigenvalue weighted by atomic mass is 10.2. The second kappa shape index (κ2) is 6.57. The fourth-order valence-electron chi connectivity index (χ4n) is 2.45. The first-order chi connectivity index (χ1) is 11.6. The summed E-state index contributed by atoms with van der Waals surface area (Å²) < 4.78 is 1.78. The van der Waals surface area contributed by atoms with Gasteiger partial charge in [-0.3, -0.25) is 0 Å². The third-order valence-corrected chi connectivity index (χ3v) is 3.68. The van der Waals surface area contributed by atoms with E-state index in [0.29, 0.717) is 5.95 Å². The third kappa shape index (κ3) is 3.01. The minimum absolute atomic E-state index is 0.251. The molecule has 2 aromatic heterocycles. The van der Waals surface area contributed by atoms with Crippen LogP contribution in [0.1, 0.15) is 23.7 Å². The number of benzene rings is 1. The molecule has 3 rings (SSSR count). The standard InChI is InChI=1S/C17H19N5O2/c1-3-7-19-15-13-9-12(22-8-6-11(10-22)16(23)24)4-5-14(13)20-17(18-2)21-15/h4-6,8-10H,3,7H2,1-2H3,(H,23,24)(H2,18,19,20,21). The van der Waals surface area contributed by atoms with Gasteiger partial charge in [-0.15, -0.1) is 0 Å². The number of carboxylic acids is 1. The number of carboxylic acid groups (broad SMARTS) is 1. The molecule has 24 heavy (non-hydrogen) atoms. The van der Waals surface area contributed by atoms with Crippen LogP contribution < -0.4 is 10.6 Å². The van der Waals surface area contributed by atoms with Gasteiger partial charge >= 0.3 is 5.97 Å². The molecule has 7 nitrogen and oxygen atoms in total. The Morgan fingerprint density at radius 2 is 2.12 bits per heavy atom. The number of nitrogens with one attached hydrogen (secondary N) is 2. The Bertz CT molecular complexity index is 888. The second-order valence-corrected chi connectivity index (χ2v) is 5.39. The Morgan fingerprint density at radius 1 is 1.29 bits per heavy atom. The van der Waals surface area contributed by atoms with Crippen molar-refractivity contribution in [3.8, 4) is 5.69 Å². The van der Waals surface area contributed by atoms with Crippen molar-refractivity contribution >= 4 is 28.6 Å². The lowest BCUT2D eigenvalue weighted by molar-refractivity contribution is 0.0697. The number of hydrogen-bond acceptors (Lipinski definition) is 5. The molecule has 0 saturated heterocycles. The van der Waals surface area contributed by atoms with E-state index in [9.17, 15) is 4.79 Å². The monoisotopic (exact) mass is 325 g/mol. The van der Waals surface area contributed by atoms with Crippen molar-refractivity contribution in [2.45, 2.75) is 13.3 Å². The van der Waals surface area contributed by atoms with Crippen LogP contribution in [0.5, 0.6) is 0 Å². The maximum Gasteiger partial charge on any atom is 0.337 e. The zero-order valence-electron chi connectivity index (χ0n) is 13.6. The van der Waals surface area contributed by atoms with Crippen molar-refractivity contribution in [2.24, 2.45) is 0 Å². The van der Waals surface area contributed by atoms with E-state index in [1.54, 1.807) is 30.1 Å². The Labute approximate surface area is 139 Å². The summed E-state index contributed by atoms with van der Waals surface area (Å²) in [6.45, 7) is 2.90. The molecule has 0 spiro atoms. The van der Waals surface area contributed by atoms with E-state index in [2.05, 4.69) is 27.5 Å². The average molecular weight is 325 g/mol. The van der Waals surface area contributed by atoms with Gasteiger partial charge in [0.1, 0.15) is 5.82 Å². The Morgan fingerprint density at radius 3 is 2.79 bits per heavy atom. The lowest BCUT2D eigenvalue weighted by Gasteiger charge is -2.11. The van der Waals surface area contributed by atoms with Gasteiger partial charge in [0.25, 0.3) is 0 Å². The molecular formula is C17H19N5O2. The lowest BCUT2D eigenvalue weighted by Crippen LogP contribution is -2.06. The van der Waals surface area contributed by atoms with Gasteiger partial charge in [0.05, 0.1) is 11.1 Å². The Balaban J connectivity index is 2.09. The maximum absolute atomic E-state index is 11.1. The summed E-state index contributed by atoms with van der Waals surface area (Å²) in [5.74, 6) is 0.378. The first-order valence-electron chi connectivity index (χ1n) is 7.77. The molecule has 7 heteroatoms. The van der Waals surface area contributed by atoms with Gasteiger partial charge in [0.15, 0.2) is 0 Å². The number of carbonyl (C=O) groups is 1. The van der Waals surface area contributed by atoms with Gasteiger partial charge in [0, 0.05) is 37.1 Å². The van der Waals surface area contributed by atoms with Gasteiger partial charge in [-0.2, -0.15) is 4.98 Å². The molecule has 0 aliphatic carbocycles. The largest absolute Gasteiger partial charge is 0.478 e. The van der Waals surface area contributed by atoms with E-state index in [1.165, 1.54) is 0 Å². The number of fused-ring (bicyclic) bond motifs is 1. The van der Waals surface area contributed by atoms with Crippen molar-refractivity contribution in [2.75, 3.05) is 24.2 Å². The molecule has 3 N–H and O–H groups in total. The van der Waals surface area contributed by atoms with Crippen molar-refractivity contribution in [1.29, 1.82) is 0 Å². The van der Waals surface area contributed by atoms with E-state index >= 15 is 0 Å². The summed E-state index contributed by atoms with van der Waals surface area (Å²) in [6, 6.07) is 7.34. The fourth-order valence-corrected chi connectivity index (χ4v) is 2.45. The van der Waals surface area contributed by atoms with Gasteiger partial charge < -0.3 is 20.3 Å². The molecule has 1 aromatic carbocycles. The number of aromatic carboxylic acids is 1. The first-order valence-corrected chi connectivity index (χ1v) is 7.77. The van der Waals surface area contributed by atoms with Crippen LogP contribution in [0.3, 0.4) is 0 Å². The smallest absolute Gasteiger partial charge is 0.337 e. The van der Waals surface area contributed by atoms with Crippen LogP contribution in [0, 0.1) is 0 Å². The van der Waals surface area contributed by atoms with Crippen LogP contribution in [0.15, 0.2) is 36.7 Å². The number of anilines is 2. The fraction of sp³-hybridized carbons (Fsp3) is 0.235. The van der Waals surface area contributed by atoms with Crippen LogP contribution in [0.25, 0.3) is 16.6 Å². The molecule has 0 bridgehead atoms. The molecule has 0 atom stereocenters. The highest BCUT2D eigenvalue weighted by molar-refractivity contribution is 5.92. The zero-order chi connectivity index (χ0) is 17.1. The highest BCUT2D eigenvalue weighted by Gasteiger charge is 2.10. The Kier molecular flexibility index (Phi) is 4.33. The summed E-state index contributed by atoms with van der Waals surface area (Å²) in [5, 5.41) is 16.2. The van der Waals surface area contributed by atoms with E-state index in [4.69, 9.17) is 5.11 Å². The van der Waals surface area contributed by atoms with Crippen molar-refractivity contribution in [1.82, 2.24) is 14.5 Å². The highest BCUT2D eigenvalue weighted by Crippen LogP contribution is 2.25. The van der Waals surface area contributed by atoms with Gasteiger partial charge in [-0.25, -0.2) is 9.78 Å². The Hall–Kier alpha value is -3.09. The molecular weight excluding hydrogens is 306 g/mol. The molecule has 0 fully saturated rings. The summed E-state index contributed by atoms with van der Waals surface area (Å²) >= 11 is 0. The highest BCUT2D eigenvalue weighted by atomic mass is 16.4. The van der Waals surface area contributed by atoms with Gasteiger partial charge in [-0.1, -0.05) is 6.92 Å². The van der Waals surface area contributed by atoms with Gasteiger partial charge in [-0.05, 0) is 30.7 Å². The van der Waals surface area contributed by atoms with Gasteiger partial charge in [0.2, 0.25) is 5.95 Å². The normalized spacial score (nSPS) is 10.8. The van der Waals surface area contributed by atoms with E-state index in [-0.39, 0.29) is 5.56 Å². The molecule has 0 aliphatic heterocycles. The molecule has 0 unspecified atom stereocenters. The molecule has 0 radical (unpaired) electrons. The molecule has 3 aromatic rings. The number of aromatic nitrogens is 3. The summed E-state index contributed by atoms with van der Waals surface area (Å²) in [7, 11) is 1.78. The number of nitrogens with zero attached hydrogens (tertiary/aromatic N) is 3. The summed E-state index contributed by atoms with van der Waals surface area (Å²) in [6.07, 6.45) is 4.30. The number of hydrogen-bond donors (Lipinski definition) is 3. The quantitative estimate of drug-likeness (QED) is 0.645. The van der Waals surface area contributed by atoms with Crippen LogP contribution in [0.4, 0.5) is 11.8 Å². The SMILES string of the molecule is CCCNc1nc(NC)nc2ccc(-n3ccc(C(=O)O)c3)cc12. The van der Waals surface area contributed by atoms with Crippen LogP contribution in [-0.4, -0.2) is 39.2 Å². The zero-order valence-corrected chi connectivity index (χ0v) is 13.6.